The number of carboxylic acid groups (broad SMARTS) is 1. The maximum atomic E-state index is 13.3. The molecule has 0 amide bonds. The number of rotatable bonds is 6. The summed E-state index contributed by atoms with van der Waals surface area (Å²) >= 11 is 5.52. The van der Waals surface area contributed by atoms with E-state index in [1.54, 1.807) is 13.8 Å². The van der Waals surface area contributed by atoms with Gasteiger partial charge in [0.05, 0.1) is 10.8 Å². The largest absolute Gasteiger partial charge is 0.480 e. The number of hydrogen-bond acceptors (Lipinski definition) is 3. The highest BCUT2D eigenvalue weighted by atomic mass is 35.5. The van der Waals surface area contributed by atoms with E-state index in [1.807, 2.05) is 0 Å². The third-order valence-corrected chi connectivity index (χ3v) is 4.83. The van der Waals surface area contributed by atoms with Gasteiger partial charge in [0.15, 0.2) is 0 Å². The van der Waals surface area contributed by atoms with Crippen molar-refractivity contribution < 1.29 is 22.7 Å². The lowest BCUT2D eigenvalue weighted by molar-refractivity contribution is -0.137. The Balaban J connectivity index is 3.02. The lowest BCUT2D eigenvalue weighted by Crippen LogP contribution is -2.41. The molecule has 0 aliphatic heterocycles. The molecule has 0 unspecified atom stereocenters. The molecule has 1 aromatic carbocycles. The molecule has 1 N–H and O–H groups in total. The zero-order valence-electron chi connectivity index (χ0n) is 11.0. The Hall–Kier alpha value is -1.18. The Bertz CT molecular complexity index is 603. The summed E-state index contributed by atoms with van der Waals surface area (Å²) in [7, 11) is -3.86. The number of carbonyl (C=O) groups is 1. The minimum atomic E-state index is -3.86. The van der Waals surface area contributed by atoms with Crippen LogP contribution < -0.4 is 0 Å². The average molecular weight is 324 g/mol. The van der Waals surface area contributed by atoms with Crippen molar-refractivity contribution in [3.05, 3.63) is 34.6 Å². The Labute approximate surface area is 122 Å². The first-order valence-corrected chi connectivity index (χ1v) is 7.77. The summed E-state index contributed by atoms with van der Waals surface area (Å²) in [4.78, 5) is 10.7. The molecule has 0 saturated carbocycles. The fourth-order valence-corrected chi connectivity index (χ4v) is 3.49. The van der Waals surface area contributed by atoms with E-state index in [0.29, 0.717) is 0 Å². The van der Waals surface area contributed by atoms with Crippen molar-refractivity contribution in [1.29, 1.82) is 0 Å². The molecular weight excluding hydrogens is 309 g/mol. The third kappa shape index (κ3) is 4.43. The van der Waals surface area contributed by atoms with Gasteiger partial charge in [-0.3, -0.25) is 4.79 Å². The van der Waals surface area contributed by atoms with Gasteiger partial charge in [0.25, 0.3) is 0 Å². The van der Waals surface area contributed by atoms with Gasteiger partial charge >= 0.3 is 5.97 Å². The van der Waals surface area contributed by atoms with Crippen LogP contribution in [0, 0.1) is 5.82 Å². The van der Waals surface area contributed by atoms with Crippen LogP contribution in [0.3, 0.4) is 0 Å². The first kappa shape index (κ1) is 16.9. The molecule has 0 bridgehead atoms. The van der Waals surface area contributed by atoms with Crippen molar-refractivity contribution in [1.82, 2.24) is 4.31 Å². The fraction of sp³-hybridized carbons (Fsp3) is 0.417. The Morgan fingerprint density at radius 2 is 2.05 bits per heavy atom. The highest BCUT2D eigenvalue weighted by molar-refractivity contribution is 7.88. The third-order valence-electron chi connectivity index (χ3n) is 2.56. The van der Waals surface area contributed by atoms with Gasteiger partial charge in [0.1, 0.15) is 12.4 Å². The molecule has 1 rings (SSSR count). The smallest absolute Gasteiger partial charge is 0.318 e. The molecule has 1 aromatic rings. The number of sulfonamides is 1. The quantitative estimate of drug-likeness (QED) is 0.870. The van der Waals surface area contributed by atoms with E-state index in [2.05, 4.69) is 0 Å². The average Bonchev–Trinajstić information content (AvgIpc) is 2.30. The van der Waals surface area contributed by atoms with Gasteiger partial charge in [-0.15, -0.1) is 0 Å². The van der Waals surface area contributed by atoms with Crippen LogP contribution in [-0.4, -0.2) is 36.4 Å². The second kappa shape index (κ2) is 6.51. The summed E-state index contributed by atoms with van der Waals surface area (Å²) in [6.07, 6.45) is 0. The molecule has 8 heteroatoms. The van der Waals surface area contributed by atoms with Crippen LogP contribution in [0.5, 0.6) is 0 Å². The van der Waals surface area contributed by atoms with E-state index >= 15 is 0 Å². The maximum Gasteiger partial charge on any atom is 0.318 e. The number of aliphatic carboxylic acids is 1. The SMILES string of the molecule is CC(C)N(CC(=O)O)S(=O)(=O)Cc1ccc(Cl)c(F)c1. The molecule has 0 saturated heterocycles. The number of halogens is 2. The van der Waals surface area contributed by atoms with Gasteiger partial charge in [-0.05, 0) is 31.5 Å². The van der Waals surface area contributed by atoms with Gasteiger partial charge in [-0.1, -0.05) is 17.7 Å². The minimum absolute atomic E-state index is 0.0996. The number of carboxylic acids is 1. The molecule has 0 atom stereocenters. The second-order valence-electron chi connectivity index (χ2n) is 4.54. The van der Waals surface area contributed by atoms with E-state index in [-0.39, 0.29) is 10.6 Å². The first-order valence-electron chi connectivity index (χ1n) is 5.78. The van der Waals surface area contributed by atoms with Crippen molar-refractivity contribution >= 4 is 27.6 Å². The van der Waals surface area contributed by atoms with Crippen LogP contribution in [0.1, 0.15) is 19.4 Å². The number of benzene rings is 1. The molecule has 112 valence electrons. The molecule has 0 fully saturated rings. The minimum Gasteiger partial charge on any atom is -0.480 e. The molecule has 20 heavy (non-hydrogen) atoms. The van der Waals surface area contributed by atoms with Crippen molar-refractivity contribution in [3.8, 4) is 0 Å². The van der Waals surface area contributed by atoms with Gasteiger partial charge < -0.3 is 5.11 Å². The second-order valence-corrected chi connectivity index (χ2v) is 6.87. The van der Waals surface area contributed by atoms with Crippen molar-refractivity contribution in [2.75, 3.05) is 6.54 Å². The summed E-state index contributed by atoms with van der Waals surface area (Å²) < 4.78 is 38.5. The highest BCUT2D eigenvalue weighted by Gasteiger charge is 2.27. The molecule has 0 aliphatic rings. The molecule has 0 spiro atoms. The molecule has 0 aromatic heterocycles. The molecule has 0 aliphatic carbocycles. The Kier molecular flexibility index (Phi) is 5.50. The summed E-state index contributed by atoms with van der Waals surface area (Å²) in [6, 6.07) is 3.17. The van der Waals surface area contributed by atoms with E-state index in [4.69, 9.17) is 16.7 Å². The Morgan fingerprint density at radius 1 is 1.45 bits per heavy atom. The van der Waals surface area contributed by atoms with Crippen LogP contribution >= 0.6 is 11.6 Å². The van der Waals surface area contributed by atoms with E-state index < -0.39 is 40.1 Å². The summed E-state index contributed by atoms with van der Waals surface area (Å²) in [5, 5.41) is 8.66. The van der Waals surface area contributed by atoms with Crippen LogP contribution in [0.2, 0.25) is 5.02 Å². The predicted octanol–water partition coefficient (Wildman–Crippen LogP) is 2.10. The summed E-state index contributed by atoms with van der Waals surface area (Å²) in [5.74, 6) is -2.44. The lowest BCUT2D eigenvalue weighted by Gasteiger charge is -2.24. The fourth-order valence-electron chi connectivity index (χ4n) is 1.66. The van der Waals surface area contributed by atoms with Crippen molar-refractivity contribution in [2.45, 2.75) is 25.6 Å². The van der Waals surface area contributed by atoms with Crippen LogP contribution in [0.25, 0.3) is 0 Å². The molecule has 5 nitrogen and oxygen atoms in total. The summed E-state index contributed by atoms with van der Waals surface area (Å²) in [5.41, 5.74) is 0.211. The zero-order valence-corrected chi connectivity index (χ0v) is 12.6. The van der Waals surface area contributed by atoms with E-state index in [1.165, 1.54) is 12.1 Å². The normalized spacial score (nSPS) is 12.1. The van der Waals surface area contributed by atoms with Gasteiger partial charge in [0, 0.05) is 6.04 Å². The van der Waals surface area contributed by atoms with Crippen LogP contribution in [0.4, 0.5) is 4.39 Å². The van der Waals surface area contributed by atoms with Crippen molar-refractivity contribution in [3.63, 3.8) is 0 Å². The molecule has 0 heterocycles. The van der Waals surface area contributed by atoms with Crippen LogP contribution in [0.15, 0.2) is 18.2 Å². The lowest BCUT2D eigenvalue weighted by atomic mass is 10.2. The van der Waals surface area contributed by atoms with E-state index in [9.17, 15) is 17.6 Å². The van der Waals surface area contributed by atoms with Crippen molar-refractivity contribution in [2.24, 2.45) is 0 Å². The standard InChI is InChI=1S/C12H15ClFNO4S/c1-8(2)15(6-12(16)17)20(18,19)7-9-3-4-10(13)11(14)5-9/h3-5,8H,6-7H2,1-2H3,(H,16,17). The van der Waals surface area contributed by atoms with Gasteiger partial charge in [0.2, 0.25) is 10.0 Å². The predicted molar refractivity (Wildman–Crippen MR) is 73.5 cm³/mol. The van der Waals surface area contributed by atoms with E-state index in [0.717, 1.165) is 10.4 Å². The first-order chi connectivity index (χ1) is 9.13. The molecule has 0 radical (unpaired) electrons. The number of hydrogen-bond donors (Lipinski definition) is 1. The maximum absolute atomic E-state index is 13.3. The highest BCUT2D eigenvalue weighted by Crippen LogP contribution is 2.19. The monoisotopic (exact) mass is 323 g/mol. The molecular formula is C12H15ClFNO4S. The zero-order chi connectivity index (χ0) is 15.5. The summed E-state index contributed by atoms with van der Waals surface area (Å²) in [6.45, 7) is 2.52. The van der Waals surface area contributed by atoms with Gasteiger partial charge in [-0.2, -0.15) is 4.31 Å². The Morgan fingerprint density at radius 3 is 2.50 bits per heavy atom. The number of nitrogens with zero attached hydrogens (tertiary/aromatic N) is 1. The van der Waals surface area contributed by atoms with Crippen LogP contribution in [-0.2, 0) is 20.6 Å². The van der Waals surface area contributed by atoms with Gasteiger partial charge in [-0.25, -0.2) is 12.8 Å². The topological polar surface area (TPSA) is 74.7 Å².